The Morgan fingerprint density at radius 3 is 2.82 bits per heavy atom. The van der Waals surface area contributed by atoms with Crippen LogP contribution in [0, 0.1) is 0 Å². The summed E-state index contributed by atoms with van der Waals surface area (Å²) in [5.41, 5.74) is 1.37. The summed E-state index contributed by atoms with van der Waals surface area (Å²) >= 11 is 6.26. The molecule has 2 fully saturated rings. The average Bonchev–Trinajstić information content (AvgIpc) is 3.06. The molecular formula is C18H28ClN3. The summed E-state index contributed by atoms with van der Waals surface area (Å²) in [6, 6.07) is 9.56. The van der Waals surface area contributed by atoms with Crippen LogP contribution in [0.1, 0.15) is 37.8 Å². The molecule has 1 aromatic rings. The lowest BCUT2D eigenvalue weighted by Gasteiger charge is -2.40. The summed E-state index contributed by atoms with van der Waals surface area (Å²) in [6.07, 6.45) is 3.89. The second-order valence-corrected chi connectivity index (χ2v) is 7.07. The number of nitrogens with one attached hydrogen (secondary N) is 1. The number of halogens is 1. The molecule has 2 aliphatic rings. The fourth-order valence-corrected chi connectivity index (χ4v) is 3.96. The zero-order valence-electron chi connectivity index (χ0n) is 13.6. The summed E-state index contributed by atoms with van der Waals surface area (Å²) in [5, 5.41) is 4.48. The maximum absolute atomic E-state index is 6.26. The van der Waals surface area contributed by atoms with Crippen molar-refractivity contribution < 1.29 is 0 Å². The Bertz CT molecular complexity index is 473. The molecule has 4 heteroatoms. The van der Waals surface area contributed by atoms with Crippen LogP contribution in [0.15, 0.2) is 24.3 Å². The number of rotatable bonds is 5. The Hall–Kier alpha value is -0.610. The van der Waals surface area contributed by atoms with Crippen molar-refractivity contribution in [3.05, 3.63) is 34.9 Å². The van der Waals surface area contributed by atoms with Gasteiger partial charge in [-0.3, -0.25) is 4.90 Å². The van der Waals surface area contributed by atoms with Crippen molar-refractivity contribution in [1.82, 2.24) is 15.1 Å². The monoisotopic (exact) mass is 321 g/mol. The molecule has 2 unspecified atom stereocenters. The van der Waals surface area contributed by atoms with Gasteiger partial charge in [0.2, 0.25) is 0 Å². The third kappa shape index (κ3) is 4.02. The first-order valence-corrected chi connectivity index (χ1v) is 9.09. The van der Waals surface area contributed by atoms with Crippen LogP contribution in [-0.4, -0.2) is 55.1 Å². The number of piperazine rings is 1. The fraction of sp³-hybridized carbons (Fsp3) is 0.667. The van der Waals surface area contributed by atoms with Gasteiger partial charge in [-0.1, -0.05) is 30.7 Å². The molecular weight excluding hydrogens is 294 g/mol. The maximum atomic E-state index is 6.26. The Balaban J connectivity index is 1.78. The molecule has 0 saturated carbocycles. The average molecular weight is 322 g/mol. The van der Waals surface area contributed by atoms with Crippen molar-refractivity contribution in [3.63, 3.8) is 0 Å². The Labute approximate surface area is 139 Å². The van der Waals surface area contributed by atoms with Crippen LogP contribution in [0.2, 0.25) is 5.02 Å². The molecule has 22 heavy (non-hydrogen) atoms. The molecule has 3 rings (SSSR count). The standard InChI is InChI=1S/C18H28ClN3/c1-2-17-13-22(11-8-20-17)18(14-21-9-3-4-10-21)15-6-5-7-16(19)12-15/h5-7,12,17-18,20H,2-4,8-11,13-14H2,1H3. The van der Waals surface area contributed by atoms with Crippen LogP contribution < -0.4 is 5.32 Å². The molecule has 0 radical (unpaired) electrons. The summed E-state index contributed by atoms with van der Waals surface area (Å²) in [5.74, 6) is 0. The first kappa shape index (κ1) is 16.3. The SMILES string of the molecule is CCC1CN(C(CN2CCCC2)c2cccc(Cl)c2)CCN1. The van der Waals surface area contributed by atoms with Crippen LogP contribution in [0.4, 0.5) is 0 Å². The highest BCUT2D eigenvalue weighted by molar-refractivity contribution is 6.30. The van der Waals surface area contributed by atoms with Crippen molar-refractivity contribution in [3.8, 4) is 0 Å². The zero-order valence-corrected chi connectivity index (χ0v) is 14.4. The van der Waals surface area contributed by atoms with Crippen molar-refractivity contribution in [2.45, 2.75) is 38.3 Å². The summed E-state index contributed by atoms with van der Waals surface area (Å²) in [7, 11) is 0. The highest BCUT2D eigenvalue weighted by Crippen LogP contribution is 2.27. The van der Waals surface area contributed by atoms with E-state index in [1.165, 1.54) is 37.9 Å². The molecule has 3 nitrogen and oxygen atoms in total. The largest absolute Gasteiger partial charge is 0.311 e. The minimum absolute atomic E-state index is 0.466. The molecule has 1 aromatic carbocycles. The molecule has 122 valence electrons. The van der Waals surface area contributed by atoms with E-state index in [1.54, 1.807) is 0 Å². The molecule has 1 N–H and O–H groups in total. The quantitative estimate of drug-likeness (QED) is 0.898. The van der Waals surface area contributed by atoms with E-state index in [0.717, 1.165) is 31.2 Å². The van der Waals surface area contributed by atoms with E-state index in [2.05, 4.69) is 40.2 Å². The molecule has 2 atom stereocenters. The third-order valence-electron chi connectivity index (χ3n) is 5.08. The highest BCUT2D eigenvalue weighted by atomic mass is 35.5. The van der Waals surface area contributed by atoms with Gasteiger partial charge >= 0.3 is 0 Å². The molecule has 2 saturated heterocycles. The number of nitrogens with zero attached hydrogens (tertiary/aromatic N) is 2. The van der Waals surface area contributed by atoms with Gasteiger partial charge in [-0.05, 0) is 50.0 Å². The summed E-state index contributed by atoms with van der Waals surface area (Å²) in [6.45, 7) is 9.27. The van der Waals surface area contributed by atoms with E-state index in [0.29, 0.717) is 12.1 Å². The predicted molar refractivity (Wildman–Crippen MR) is 93.5 cm³/mol. The van der Waals surface area contributed by atoms with Crippen molar-refractivity contribution in [2.75, 3.05) is 39.3 Å². The molecule has 0 aromatic heterocycles. The molecule has 0 spiro atoms. The van der Waals surface area contributed by atoms with Crippen LogP contribution in [0.25, 0.3) is 0 Å². The van der Waals surface area contributed by atoms with Gasteiger partial charge in [-0.25, -0.2) is 0 Å². The van der Waals surface area contributed by atoms with E-state index >= 15 is 0 Å². The number of likely N-dealkylation sites (tertiary alicyclic amines) is 1. The van der Waals surface area contributed by atoms with Crippen molar-refractivity contribution in [1.29, 1.82) is 0 Å². The second kappa shape index (κ2) is 7.78. The molecule has 0 bridgehead atoms. The normalized spacial score (nSPS) is 25.5. The van der Waals surface area contributed by atoms with Gasteiger partial charge in [0.25, 0.3) is 0 Å². The second-order valence-electron chi connectivity index (χ2n) is 6.63. The molecule has 0 aliphatic carbocycles. The highest BCUT2D eigenvalue weighted by Gasteiger charge is 2.28. The lowest BCUT2D eigenvalue weighted by atomic mass is 10.0. The summed E-state index contributed by atoms with van der Waals surface area (Å²) < 4.78 is 0. The van der Waals surface area contributed by atoms with Crippen LogP contribution in [0.3, 0.4) is 0 Å². The van der Waals surface area contributed by atoms with E-state index in [1.807, 2.05) is 6.07 Å². The predicted octanol–water partition coefficient (Wildman–Crippen LogP) is 3.16. The Morgan fingerprint density at radius 1 is 1.27 bits per heavy atom. The minimum Gasteiger partial charge on any atom is -0.311 e. The molecule has 2 heterocycles. The van der Waals surface area contributed by atoms with Crippen LogP contribution >= 0.6 is 11.6 Å². The van der Waals surface area contributed by atoms with E-state index in [9.17, 15) is 0 Å². The van der Waals surface area contributed by atoms with Gasteiger partial charge in [0, 0.05) is 43.3 Å². The zero-order chi connectivity index (χ0) is 15.4. The topological polar surface area (TPSA) is 18.5 Å². The van der Waals surface area contributed by atoms with Crippen molar-refractivity contribution in [2.24, 2.45) is 0 Å². The smallest absolute Gasteiger partial charge is 0.0476 e. The van der Waals surface area contributed by atoms with Crippen LogP contribution in [-0.2, 0) is 0 Å². The van der Waals surface area contributed by atoms with E-state index in [4.69, 9.17) is 11.6 Å². The van der Waals surface area contributed by atoms with E-state index in [-0.39, 0.29) is 0 Å². The van der Waals surface area contributed by atoms with Gasteiger partial charge in [0.15, 0.2) is 0 Å². The van der Waals surface area contributed by atoms with Crippen LogP contribution in [0.5, 0.6) is 0 Å². The van der Waals surface area contributed by atoms with E-state index < -0.39 is 0 Å². The first-order valence-electron chi connectivity index (χ1n) is 8.71. The van der Waals surface area contributed by atoms with Crippen molar-refractivity contribution >= 4 is 11.6 Å². The lowest BCUT2D eigenvalue weighted by Crippen LogP contribution is -2.52. The van der Waals surface area contributed by atoms with Gasteiger partial charge < -0.3 is 10.2 Å². The summed E-state index contributed by atoms with van der Waals surface area (Å²) in [4.78, 5) is 5.28. The number of hydrogen-bond acceptors (Lipinski definition) is 3. The maximum Gasteiger partial charge on any atom is 0.0476 e. The fourth-order valence-electron chi connectivity index (χ4n) is 3.76. The lowest BCUT2D eigenvalue weighted by molar-refractivity contribution is 0.112. The number of benzene rings is 1. The van der Waals surface area contributed by atoms with Gasteiger partial charge in [0.05, 0.1) is 0 Å². The minimum atomic E-state index is 0.466. The first-order chi connectivity index (χ1) is 10.8. The van der Waals surface area contributed by atoms with Gasteiger partial charge in [-0.15, -0.1) is 0 Å². The Morgan fingerprint density at radius 2 is 2.09 bits per heavy atom. The molecule has 2 aliphatic heterocycles. The molecule has 0 amide bonds. The van der Waals surface area contributed by atoms with Gasteiger partial charge in [0.1, 0.15) is 0 Å². The third-order valence-corrected chi connectivity index (χ3v) is 5.32. The van der Waals surface area contributed by atoms with Gasteiger partial charge in [-0.2, -0.15) is 0 Å². The number of hydrogen-bond donors (Lipinski definition) is 1. The Kier molecular flexibility index (Phi) is 5.75.